The molecule has 1 aliphatic heterocycles. The molecule has 4 atom stereocenters. The summed E-state index contributed by atoms with van der Waals surface area (Å²) >= 11 is 0. The molecule has 0 aromatic heterocycles. The number of carbonyl (C=O) groups is 1. The third kappa shape index (κ3) is 1.81. The Morgan fingerprint density at radius 1 is 1.32 bits per heavy atom. The highest BCUT2D eigenvalue weighted by Crippen LogP contribution is 2.56. The van der Waals surface area contributed by atoms with E-state index >= 15 is 0 Å². The van der Waals surface area contributed by atoms with Crippen LogP contribution in [0.5, 0.6) is 5.75 Å². The van der Waals surface area contributed by atoms with E-state index in [-0.39, 0.29) is 5.41 Å². The molecule has 0 N–H and O–H groups in total. The number of likely N-dealkylation sites (N-methyl/N-ethyl adjacent to an activating group) is 1. The van der Waals surface area contributed by atoms with Gasteiger partial charge in [-0.3, -0.25) is 4.79 Å². The maximum Gasteiger partial charge on any atom is 0.134 e. The molecule has 4 rings (SSSR count). The van der Waals surface area contributed by atoms with E-state index < -0.39 is 0 Å². The van der Waals surface area contributed by atoms with Crippen molar-refractivity contribution >= 4 is 5.78 Å². The molecule has 0 unspecified atom stereocenters. The molecule has 1 heterocycles. The third-order valence-corrected chi connectivity index (χ3v) is 6.49. The van der Waals surface area contributed by atoms with Crippen molar-refractivity contribution in [1.82, 2.24) is 4.90 Å². The normalized spacial score (nSPS) is 37.4. The molecule has 1 aromatic rings. The first-order valence-corrected chi connectivity index (χ1v) is 8.44. The van der Waals surface area contributed by atoms with E-state index in [9.17, 15) is 4.79 Å². The van der Waals surface area contributed by atoms with Crippen LogP contribution in [0.4, 0.5) is 0 Å². The number of fused-ring (bicyclic) bond motifs is 1. The molecule has 0 spiro atoms. The van der Waals surface area contributed by atoms with Gasteiger partial charge in [0.25, 0.3) is 0 Å². The first-order valence-electron chi connectivity index (χ1n) is 8.44. The second kappa shape index (κ2) is 4.82. The number of nitrogens with zero attached hydrogens (tertiary/aromatic N) is 1. The van der Waals surface area contributed by atoms with E-state index in [0.717, 1.165) is 38.0 Å². The van der Waals surface area contributed by atoms with Crippen LogP contribution in [-0.4, -0.2) is 37.4 Å². The van der Waals surface area contributed by atoms with Crippen LogP contribution in [0.25, 0.3) is 0 Å². The van der Waals surface area contributed by atoms with Crippen molar-refractivity contribution in [3.05, 3.63) is 29.3 Å². The second-order valence-corrected chi connectivity index (χ2v) is 7.60. The van der Waals surface area contributed by atoms with Gasteiger partial charge in [0, 0.05) is 24.3 Å². The number of hydrogen-bond acceptors (Lipinski definition) is 3. The van der Waals surface area contributed by atoms with Gasteiger partial charge in [-0.25, -0.2) is 0 Å². The number of benzene rings is 1. The van der Waals surface area contributed by atoms with Crippen LogP contribution < -0.4 is 4.74 Å². The Kier molecular flexibility index (Phi) is 3.12. The second-order valence-electron chi connectivity index (χ2n) is 7.60. The zero-order valence-electron chi connectivity index (χ0n) is 13.8. The molecule has 2 fully saturated rings. The fourth-order valence-electron chi connectivity index (χ4n) is 5.63. The van der Waals surface area contributed by atoms with E-state index in [1.165, 1.54) is 11.1 Å². The molecule has 1 saturated heterocycles. The van der Waals surface area contributed by atoms with Crippen LogP contribution >= 0.6 is 0 Å². The average molecular weight is 299 g/mol. The predicted octanol–water partition coefficient (Wildman–Crippen LogP) is 2.81. The first kappa shape index (κ1) is 14.3. The van der Waals surface area contributed by atoms with Gasteiger partial charge in [0.2, 0.25) is 0 Å². The minimum atomic E-state index is 0.0497. The zero-order valence-corrected chi connectivity index (χ0v) is 13.8. The monoisotopic (exact) mass is 299 g/mol. The molecule has 2 bridgehead atoms. The molecular formula is C19H25NO2. The maximum atomic E-state index is 12.4. The Morgan fingerprint density at radius 3 is 2.91 bits per heavy atom. The molecule has 0 amide bonds. The Morgan fingerprint density at radius 2 is 2.14 bits per heavy atom. The molecular weight excluding hydrogens is 274 g/mol. The molecule has 0 radical (unpaired) electrons. The van der Waals surface area contributed by atoms with Gasteiger partial charge in [-0.1, -0.05) is 13.0 Å². The Balaban J connectivity index is 1.92. The van der Waals surface area contributed by atoms with Crippen LogP contribution in [0.1, 0.15) is 37.3 Å². The van der Waals surface area contributed by atoms with E-state index in [0.29, 0.717) is 23.7 Å². The van der Waals surface area contributed by atoms with Gasteiger partial charge in [-0.2, -0.15) is 0 Å². The lowest BCUT2D eigenvalue weighted by Crippen LogP contribution is -2.63. The summed E-state index contributed by atoms with van der Waals surface area (Å²) in [5, 5.41) is 0. The summed E-state index contributed by atoms with van der Waals surface area (Å²) in [6.07, 6.45) is 3.70. The number of rotatable bonds is 1. The van der Waals surface area contributed by atoms with Crippen molar-refractivity contribution in [1.29, 1.82) is 0 Å². The molecule has 118 valence electrons. The van der Waals surface area contributed by atoms with Gasteiger partial charge >= 0.3 is 0 Å². The minimum absolute atomic E-state index is 0.0497. The molecule has 22 heavy (non-hydrogen) atoms. The first-order chi connectivity index (χ1) is 10.5. The fraction of sp³-hybridized carbons (Fsp3) is 0.632. The van der Waals surface area contributed by atoms with Crippen molar-refractivity contribution in [2.24, 2.45) is 11.8 Å². The van der Waals surface area contributed by atoms with Gasteiger partial charge in [-0.05, 0) is 61.5 Å². The number of methoxy groups -OCH3 is 1. The Hall–Kier alpha value is -1.35. The van der Waals surface area contributed by atoms with Crippen molar-refractivity contribution in [2.45, 2.75) is 44.1 Å². The minimum Gasteiger partial charge on any atom is -0.497 e. The van der Waals surface area contributed by atoms with Gasteiger partial charge in [0.05, 0.1) is 7.11 Å². The predicted molar refractivity (Wildman–Crippen MR) is 86.3 cm³/mol. The Labute approximate surface area is 132 Å². The van der Waals surface area contributed by atoms with Crippen molar-refractivity contribution < 1.29 is 9.53 Å². The van der Waals surface area contributed by atoms with Crippen molar-refractivity contribution in [2.75, 3.05) is 20.7 Å². The number of ether oxygens (including phenoxy) is 1. The van der Waals surface area contributed by atoms with Crippen LogP contribution in [0.3, 0.4) is 0 Å². The van der Waals surface area contributed by atoms with Crippen molar-refractivity contribution in [3.8, 4) is 5.75 Å². The zero-order chi connectivity index (χ0) is 15.5. The smallest absolute Gasteiger partial charge is 0.134 e. The summed E-state index contributed by atoms with van der Waals surface area (Å²) < 4.78 is 5.47. The highest BCUT2D eigenvalue weighted by atomic mass is 16.5. The molecule has 3 aliphatic rings. The molecule has 3 heteroatoms. The Bertz CT molecular complexity index is 626. The fourth-order valence-corrected chi connectivity index (χ4v) is 5.63. The summed E-state index contributed by atoms with van der Waals surface area (Å²) in [6.45, 7) is 3.38. The lowest BCUT2D eigenvalue weighted by molar-refractivity contribution is -0.130. The summed E-state index contributed by atoms with van der Waals surface area (Å²) in [7, 11) is 3.98. The quantitative estimate of drug-likeness (QED) is 0.798. The number of ketones is 1. The van der Waals surface area contributed by atoms with Crippen LogP contribution in [-0.2, 0) is 16.6 Å². The number of piperidine rings is 1. The van der Waals surface area contributed by atoms with Crippen LogP contribution in [0.2, 0.25) is 0 Å². The van der Waals surface area contributed by atoms with Gasteiger partial charge in [0.15, 0.2) is 0 Å². The molecule has 1 aromatic carbocycles. The van der Waals surface area contributed by atoms with Gasteiger partial charge in [0.1, 0.15) is 11.5 Å². The lowest BCUT2D eigenvalue weighted by atomic mass is 9.49. The largest absolute Gasteiger partial charge is 0.497 e. The van der Waals surface area contributed by atoms with E-state index in [1.807, 2.05) is 0 Å². The standard InChI is InChI=1S/C19H25NO2/c1-12-8-14(21)11-19-6-7-20(2)17(18(12)19)9-13-4-5-15(22-3)10-16(13)19/h4-5,10,12,17-18H,6-9,11H2,1-3H3/t12-,17+,18-,19+/m1/s1. The molecule has 2 aliphatic carbocycles. The summed E-state index contributed by atoms with van der Waals surface area (Å²) in [4.78, 5) is 15.0. The summed E-state index contributed by atoms with van der Waals surface area (Å²) in [6, 6.07) is 7.09. The lowest BCUT2D eigenvalue weighted by Gasteiger charge is -2.60. The number of carbonyl (C=O) groups excluding carboxylic acids is 1. The van der Waals surface area contributed by atoms with Gasteiger partial charge in [-0.15, -0.1) is 0 Å². The summed E-state index contributed by atoms with van der Waals surface area (Å²) in [5.41, 5.74) is 2.88. The number of Topliss-reactive ketones (excluding diaryl/α,β-unsaturated/α-hetero) is 1. The van der Waals surface area contributed by atoms with Crippen LogP contribution in [0, 0.1) is 11.8 Å². The topological polar surface area (TPSA) is 29.5 Å². The maximum absolute atomic E-state index is 12.4. The summed E-state index contributed by atoms with van der Waals surface area (Å²) in [5.74, 6) is 2.45. The van der Waals surface area contributed by atoms with Gasteiger partial charge < -0.3 is 9.64 Å². The van der Waals surface area contributed by atoms with E-state index in [2.05, 4.69) is 37.1 Å². The van der Waals surface area contributed by atoms with Crippen LogP contribution in [0.15, 0.2) is 18.2 Å². The third-order valence-electron chi connectivity index (χ3n) is 6.49. The van der Waals surface area contributed by atoms with E-state index in [1.54, 1.807) is 7.11 Å². The molecule has 1 saturated carbocycles. The van der Waals surface area contributed by atoms with Crippen molar-refractivity contribution in [3.63, 3.8) is 0 Å². The van der Waals surface area contributed by atoms with E-state index in [4.69, 9.17) is 4.74 Å². The number of likely N-dealkylation sites (tertiary alicyclic amines) is 1. The molecule has 3 nitrogen and oxygen atoms in total. The number of hydrogen-bond donors (Lipinski definition) is 0. The highest BCUT2D eigenvalue weighted by molar-refractivity contribution is 5.82. The highest BCUT2D eigenvalue weighted by Gasteiger charge is 2.57. The average Bonchev–Trinajstić information content (AvgIpc) is 2.50. The SMILES string of the molecule is COc1ccc2c(c1)[C@@]13CCN(C)[C@@H](C2)[C@H]1[C@H](C)CC(=O)C3.